The third kappa shape index (κ3) is 4.64. The van der Waals surface area contributed by atoms with Gasteiger partial charge in [0.15, 0.2) is 0 Å². The highest BCUT2D eigenvalue weighted by atomic mass is 16.5. The molecule has 2 aromatic rings. The Morgan fingerprint density at radius 1 is 1.00 bits per heavy atom. The molecule has 2 bridgehead atoms. The molecule has 6 rings (SSSR count). The molecular weight excluding hydrogens is 486 g/mol. The van der Waals surface area contributed by atoms with Crippen molar-refractivity contribution in [3.05, 3.63) is 69.3 Å². The fourth-order valence-corrected chi connectivity index (χ4v) is 6.86. The number of hydrogen-bond donors (Lipinski definition) is 2. The van der Waals surface area contributed by atoms with Crippen molar-refractivity contribution in [2.75, 3.05) is 19.8 Å². The summed E-state index contributed by atoms with van der Waals surface area (Å²) in [5.41, 5.74) is 5.61. The van der Waals surface area contributed by atoms with Gasteiger partial charge in [-0.15, -0.1) is 0 Å². The van der Waals surface area contributed by atoms with E-state index in [1.54, 1.807) is 12.1 Å². The van der Waals surface area contributed by atoms with Crippen LogP contribution < -0.4 is 0 Å². The minimum Gasteiger partial charge on any atom is -0.459 e. The number of fused-ring (bicyclic) bond motifs is 4. The van der Waals surface area contributed by atoms with Crippen molar-refractivity contribution < 1.29 is 34.0 Å². The average molecular weight is 522 g/mol. The summed E-state index contributed by atoms with van der Waals surface area (Å²) >= 11 is 0. The molecule has 38 heavy (non-hydrogen) atoms. The number of morpholine rings is 1. The van der Waals surface area contributed by atoms with Gasteiger partial charge >= 0.3 is 11.9 Å². The Bertz CT molecular complexity index is 1250. The number of cyclic esters (lactones) is 2. The monoisotopic (exact) mass is 521 g/mol. The van der Waals surface area contributed by atoms with Gasteiger partial charge in [0.1, 0.15) is 12.7 Å². The van der Waals surface area contributed by atoms with Gasteiger partial charge in [-0.2, -0.15) is 0 Å². The molecule has 0 aliphatic carbocycles. The summed E-state index contributed by atoms with van der Waals surface area (Å²) in [7, 11) is 0. The Hall–Kier alpha value is -2.78. The molecule has 2 N–H and O–H groups in total. The fourth-order valence-electron chi connectivity index (χ4n) is 6.86. The van der Waals surface area contributed by atoms with Crippen molar-refractivity contribution in [2.24, 2.45) is 5.92 Å². The average Bonchev–Trinajstić information content (AvgIpc) is 3.25. The maximum Gasteiger partial charge on any atom is 0.338 e. The van der Waals surface area contributed by atoms with Gasteiger partial charge in [0.05, 0.1) is 36.5 Å². The van der Waals surface area contributed by atoms with E-state index in [-0.39, 0.29) is 36.7 Å². The number of nitrogens with zero attached hydrogens (tertiary/aromatic N) is 1. The van der Waals surface area contributed by atoms with Crippen molar-refractivity contribution >= 4 is 11.9 Å². The molecule has 4 heterocycles. The molecular formula is C30H35NO7. The SMILES string of the molecule is Cc1c([C@@H](O)CN2C3COCC2CC(CC(O)c2ccc4c(c2)C[C@@H](C)OC4=O)C3)ccc2c1COC2=O. The van der Waals surface area contributed by atoms with Crippen LogP contribution in [-0.2, 0) is 27.2 Å². The zero-order valence-corrected chi connectivity index (χ0v) is 21.9. The lowest BCUT2D eigenvalue weighted by Gasteiger charge is -2.49. The van der Waals surface area contributed by atoms with Crippen LogP contribution in [0, 0.1) is 12.8 Å². The molecule has 2 aromatic carbocycles. The van der Waals surface area contributed by atoms with Gasteiger partial charge in [0.2, 0.25) is 0 Å². The van der Waals surface area contributed by atoms with Crippen molar-refractivity contribution in [3.63, 3.8) is 0 Å². The minimum atomic E-state index is -0.675. The standard InChI is InChI=1S/C30H35NO7/c1-16-7-20-11-19(3-4-24(20)30(35)38-16)27(32)10-18-8-21-13-36-14-22(9-18)31(21)12-28(33)23-5-6-25-26(17(23)2)15-37-29(25)34/h3-6,11,16,18,21-22,27-28,32-33H,7-10,12-15H2,1-2H3/t16-,18?,21?,22?,27?,28+/m1/s1. The number of benzene rings is 2. The van der Waals surface area contributed by atoms with Crippen LogP contribution in [0.3, 0.4) is 0 Å². The van der Waals surface area contributed by atoms with E-state index in [1.807, 2.05) is 32.0 Å². The molecule has 4 aliphatic heterocycles. The molecule has 8 nitrogen and oxygen atoms in total. The number of carbonyl (C=O) groups is 2. The second-order valence-electron chi connectivity index (χ2n) is 11.4. The molecule has 5 atom stereocenters. The first kappa shape index (κ1) is 25.5. The lowest BCUT2D eigenvalue weighted by molar-refractivity contribution is -0.104. The van der Waals surface area contributed by atoms with E-state index in [9.17, 15) is 19.8 Å². The van der Waals surface area contributed by atoms with E-state index < -0.39 is 12.2 Å². The quantitative estimate of drug-likeness (QED) is 0.558. The molecule has 0 amide bonds. The second-order valence-corrected chi connectivity index (χ2v) is 11.4. The van der Waals surface area contributed by atoms with Gasteiger partial charge in [-0.05, 0) is 73.4 Å². The number of hydrogen-bond acceptors (Lipinski definition) is 8. The van der Waals surface area contributed by atoms with Gasteiger partial charge in [-0.3, -0.25) is 4.90 Å². The summed E-state index contributed by atoms with van der Waals surface area (Å²) in [6.07, 6.45) is 1.66. The first-order valence-corrected chi connectivity index (χ1v) is 13.6. The zero-order valence-electron chi connectivity index (χ0n) is 21.9. The van der Waals surface area contributed by atoms with Crippen LogP contribution in [0.25, 0.3) is 0 Å². The summed E-state index contributed by atoms with van der Waals surface area (Å²) in [4.78, 5) is 26.4. The molecule has 4 aliphatic rings. The Morgan fingerprint density at radius 3 is 2.50 bits per heavy atom. The zero-order chi connectivity index (χ0) is 26.6. The minimum absolute atomic E-state index is 0.155. The predicted molar refractivity (Wildman–Crippen MR) is 138 cm³/mol. The highest BCUT2D eigenvalue weighted by molar-refractivity contribution is 5.94. The number of aliphatic hydroxyl groups is 2. The molecule has 8 heteroatoms. The van der Waals surface area contributed by atoms with Crippen molar-refractivity contribution in [1.82, 2.24) is 4.90 Å². The maximum absolute atomic E-state index is 12.1. The Labute approximate surface area is 222 Å². The molecule has 0 radical (unpaired) electrons. The van der Waals surface area contributed by atoms with Crippen LogP contribution in [0.15, 0.2) is 30.3 Å². The maximum atomic E-state index is 12.1. The van der Waals surface area contributed by atoms with E-state index in [0.29, 0.717) is 49.6 Å². The highest BCUT2D eigenvalue weighted by Crippen LogP contribution is 2.39. The number of esters is 2. The molecule has 202 valence electrons. The van der Waals surface area contributed by atoms with Crippen LogP contribution in [0.2, 0.25) is 0 Å². The smallest absolute Gasteiger partial charge is 0.338 e. The lowest BCUT2D eigenvalue weighted by Crippen LogP contribution is -2.57. The van der Waals surface area contributed by atoms with Crippen LogP contribution in [0.4, 0.5) is 0 Å². The largest absolute Gasteiger partial charge is 0.459 e. The first-order valence-electron chi connectivity index (χ1n) is 13.6. The highest BCUT2D eigenvalue weighted by Gasteiger charge is 2.41. The number of aliphatic hydroxyl groups excluding tert-OH is 2. The summed E-state index contributed by atoms with van der Waals surface area (Å²) in [5.74, 6) is -0.256. The topological polar surface area (TPSA) is 106 Å². The molecule has 0 spiro atoms. The van der Waals surface area contributed by atoms with E-state index in [4.69, 9.17) is 14.2 Å². The van der Waals surface area contributed by atoms with E-state index in [2.05, 4.69) is 4.90 Å². The third-order valence-electron chi connectivity index (χ3n) is 8.83. The number of ether oxygens (including phenoxy) is 3. The van der Waals surface area contributed by atoms with Gasteiger partial charge in [0.25, 0.3) is 0 Å². The van der Waals surface area contributed by atoms with Gasteiger partial charge in [-0.25, -0.2) is 9.59 Å². The number of rotatable bonds is 6. The van der Waals surface area contributed by atoms with Gasteiger partial charge < -0.3 is 24.4 Å². The number of piperidine rings is 1. The number of carbonyl (C=O) groups excluding carboxylic acids is 2. The van der Waals surface area contributed by atoms with Crippen molar-refractivity contribution in [1.29, 1.82) is 0 Å². The predicted octanol–water partition coefficient (Wildman–Crippen LogP) is 3.40. The molecule has 0 saturated carbocycles. The normalized spacial score (nSPS) is 28.2. The molecule has 3 unspecified atom stereocenters. The molecule has 2 saturated heterocycles. The summed E-state index contributed by atoms with van der Waals surface area (Å²) in [6, 6.07) is 9.54. The van der Waals surface area contributed by atoms with E-state index in [0.717, 1.165) is 40.7 Å². The van der Waals surface area contributed by atoms with E-state index in [1.165, 1.54) is 0 Å². The van der Waals surface area contributed by atoms with Crippen molar-refractivity contribution in [2.45, 2.75) is 76.5 Å². The lowest BCUT2D eigenvalue weighted by atomic mass is 9.80. The molecule has 0 aromatic heterocycles. The van der Waals surface area contributed by atoms with Gasteiger partial charge in [-0.1, -0.05) is 18.2 Å². The van der Waals surface area contributed by atoms with Crippen LogP contribution in [0.5, 0.6) is 0 Å². The van der Waals surface area contributed by atoms with Crippen LogP contribution >= 0.6 is 0 Å². The second kappa shape index (κ2) is 10.1. The molecule has 2 fully saturated rings. The Kier molecular flexibility index (Phi) is 6.76. The Morgan fingerprint density at radius 2 is 1.74 bits per heavy atom. The van der Waals surface area contributed by atoms with Gasteiger partial charge in [0, 0.05) is 30.6 Å². The first-order chi connectivity index (χ1) is 18.3. The summed E-state index contributed by atoms with van der Waals surface area (Å²) in [5, 5.41) is 22.3. The van der Waals surface area contributed by atoms with Crippen molar-refractivity contribution in [3.8, 4) is 0 Å². The third-order valence-corrected chi connectivity index (χ3v) is 8.83. The summed E-state index contributed by atoms with van der Waals surface area (Å²) in [6.45, 7) is 5.82. The van der Waals surface area contributed by atoms with E-state index >= 15 is 0 Å². The van der Waals surface area contributed by atoms with Crippen LogP contribution in [-0.4, -0.2) is 65.0 Å². The van der Waals surface area contributed by atoms with Crippen LogP contribution in [0.1, 0.15) is 86.9 Å². The fraction of sp³-hybridized carbons (Fsp3) is 0.533. The Balaban J connectivity index is 1.12. The summed E-state index contributed by atoms with van der Waals surface area (Å²) < 4.78 is 16.4.